The third-order valence-electron chi connectivity index (χ3n) is 6.89. The third kappa shape index (κ3) is 5.64. The van der Waals surface area contributed by atoms with Crippen LogP contribution in [-0.2, 0) is 25.1 Å². The summed E-state index contributed by atoms with van der Waals surface area (Å²) in [5.41, 5.74) is 2.67. The molecule has 0 spiro atoms. The Bertz CT molecular complexity index is 1560. The molecule has 1 aromatic heterocycles. The van der Waals surface area contributed by atoms with E-state index in [9.17, 15) is 13.2 Å². The number of nitrogens with zero attached hydrogens (tertiary/aromatic N) is 1. The van der Waals surface area contributed by atoms with Gasteiger partial charge in [0.25, 0.3) is 0 Å². The zero-order chi connectivity index (χ0) is 27.5. The third-order valence-corrected chi connectivity index (χ3v) is 7.81. The van der Waals surface area contributed by atoms with Crippen molar-refractivity contribution >= 4 is 15.8 Å². The molecule has 10 heteroatoms. The first-order valence-corrected chi connectivity index (χ1v) is 13.9. The summed E-state index contributed by atoms with van der Waals surface area (Å²) in [6.45, 7) is 0.916. The highest BCUT2D eigenvalue weighted by Crippen LogP contribution is 2.38. The van der Waals surface area contributed by atoms with Crippen LogP contribution in [0.25, 0.3) is 22.4 Å². The Balaban J connectivity index is 1.43. The minimum absolute atomic E-state index is 0.00570. The maximum Gasteiger partial charge on any atom is 0.238 e. The Hall–Kier alpha value is -3.83. The van der Waals surface area contributed by atoms with Crippen LogP contribution >= 0.6 is 0 Å². The van der Waals surface area contributed by atoms with E-state index in [1.54, 1.807) is 25.3 Å². The maximum atomic E-state index is 13.4. The van der Waals surface area contributed by atoms with Crippen molar-refractivity contribution in [2.45, 2.75) is 23.3 Å². The Morgan fingerprint density at radius 2 is 1.69 bits per heavy atom. The molecular formula is C29H28N2O7S. The first kappa shape index (κ1) is 26.8. The Morgan fingerprint density at radius 3 is 2.36 bits per heavy atom. The van der Waals surface area contributed by atoms with Gasteiger partial charge in [0.2, 0.25) is 21.6 Å². The topological polar surface area (TPSA) is 131 Å². The molecule has 4 aromatic rings. The van der Waals surface area contributed by atoms with Gasteiger partial charge in [0.1, 0.15) is 11.4 Å². The predicted molar refractivity (Wildman–Crippen MR) is 144 cm³/mol. The van der Waals surface area contributed by atoms with Crippen molar-refractivity contribution in [3.05, 3.63) is 90.2 Å². The number of aromatic nitrogens is 1. The fourth-order valence-electron chi connectivity index (χ4n) is 4.75. The van der Waals surface area contributed by atoms with Gasteiger partial charge in [-0.3, -0.25) is 4.79 Å². The molecule has 1 saturated heterocycles. The van der Waals surface area contributed by atoms with Crippen molar-refractivity contribution in [3.63, 3.8) is 0 Å². The SMILES string of the molecule is COC1(c2cccc(OCC(=O)c3onc(-c4ccccc4)c3-c3ccc(S(N)(=O)=O)cc3)c2)CCOCC1. The molecule has 202 valence electrons. The molecule has 0 bridgehead atoms. The van der Waals surface area contributed by atoms with E-state index in [0.717, 1.165) is 24.0 Å². The standard InChI is InChI=1S/C29H28N2O7S/c1-35-29(14-16-36-17-15-29)22-8-5-9-23(18-22)37-19-25(32)28-26(20-10-12-24(13-11-20)39(30,33)34)27(31-38-28)21-6-3-2-4-7-21/h2-13,18H,14-17,19H2,1H3,(H2,30,33,34). The first-order chi connectivity index (χ1) is 18.8. The fraction of sp³-hybridized carbons (Fsp3) is 0.241. The maximum absolute atomic E-state index is 13.4. The number of ether oxygens (including phenoxy) is 3. The molecular weight excluding hydrogens is 520 g/mol. The summed E-state index contributed by atoms with van der Waals surface area (Å²) in [7, 11) is -2.19. The van der Waals surface area contributed by atoms with Crippen molar-refractivity contribution in [1.82, 2.24) is 5.16 Å². The lowest BCUT2D eigenvalue weighted by Crippen LogP contribution is -2.35. The summed E-state index contributed by atoms with van der Waals surface area (Å²) in [5.74, 6) is 0.102. The molecule has 9 nitrogen and oxygen atoms in total. The van der Waals surface area contributed by atoms with Gasteiger partial charge in [-0.2, -0.15) is 0 Å². The monoisotopic (exact) mass is 548 g/mol. The molecule has 0 radical (unpaired) electrons. The highest BCUT2D eigenvalue weighted by molar-refractivity contribution is 7.89. The fourth-order valence-corrected chi connectivity index (χ4v) is 5.26. The summed E-state index contributed by atoms with van der Waals surface area (Å²) < 4.78 is 46.3. The van der Waals surface area contributed by atoms with Gasteiger partial charge < -0.3 is 18.7 Å². The van der Waals surface area contributed by atoms with Crippen LogP contribution in [0.1, 0.15) is 29.0 Å². The van der Waals surface area contributed by atoms with Gasteiger partial charge in [-0.25, -0.2) is 13.6 Å². The smallest absolute Gasteiger partial charge is 0.238 e. The highest BCUT2D eigenvalue weighted by Gasteiger charge is 2.34. The summed E-state index contributed by atoms with van der Waals surface area (Å²) in [5, 5.41) is 9.43. The Labute approximate surface area is 226 Å². The van der Waals surface area contributed by atoms with Crippen molar-refractivity contribution in [1.29, 1.82) is 0 Å². The summed E-state index contributed by atoms with van der Waals surface area (Å²) in [6, 6.07) is 22.7. The second-order valence-corrected chi connectivity index (χ2v) is 10.8. The van der Waals surface area contributed by atoms with Gasteiger partial charge in [-0.05, 0) is 35.4 Å². The predicted octanol–water partition coefficient (Wildman–Crippen LogP) is 4.57. The minimum Gasteiger partial charge on any atom is -0.485 e. The number of hydrogen-bond donors (Lipinski definition) is 1. The second-order valence-electron chi connectivity index (χ2n) is 9.22. The molecule has 2 heterocycles. The van der Waals surface area contributed by atoms with Crippen molar-refractivity contribution in [3.8, 4) is 28.1 Å². The summed E-state index contributed by atoms with van der Waals surface area (Å²) >= 11 is 0. The van der Waals surface area contributed by atoms with Crippen LogP contribution in [0.15, 0.2) is 88.3 Å². The van der Waals surface area contributed by atoms with E-state index in [1.807, 2.05) is 48.5 Å². The number of ketones is 1. The average Bonchev–Trinajstić information content (AvgIpc) is 3.42. The lowest BCUT2D eigenvalue weighted by Gasteiger charge is -2.36. The number of carbonyl (C=O) groups excluding carboxylic acids is 1. The first-order valence-electron chi connectivity index (χ1n) is 12.4. The van der Waals surface area contributed by atoms with Crippen molar-refractivity contribution in [2.75, 3.05) is 26.9 Å². The number of benzene rings is 3. The normalized spacial score (nSPS) is 15.1. The summed E-state index contributed by atoms with van der Waals surface area (Å²) in [4.78, 5) is 13.3. The molecule has 0 aliphatic carbocycles. The molecule has 3 aromatic carbocycles. The van der Waals surface area contributed by atoms with Crippen LogP contribution in [0.2, 0.25) is 0 Å². The minimum atomic E-state index is -3.88. The van der Waals surface area contributed by atoms with E-state index in [-0.39, 0.29) is 17.3 Å². The Kier molecular flexibility index (Phi) is 7.62. The molecule has 5 rings (SSSR count). The van der Waals surface area contributed by atoms with Gasteiger partial charge in [0, 0.05) is 38.7 Å². The van der Waals surface area contributed by atoms with Crippen molar-refractivity contribution in [2.24, 2.45) is 5.14 Å². The average molecular weight is 549 g/mol. The molecule has 0 unspecified atom stereocenters. The van der Waals surface area contributed by atoms with E-state index >= 15 is 0 Å². The number of Topliss-reactive ketones (excluding diaryl/α,β-unsaturated/α-hetero) is 1. The number of nitrogens with two attached hydrogens (primary N) is 1. The number of primary sulfonamides is 1. The van der Waals surface area contributed by atoms with E-state index in [1.165, 1.54) is 12.1 Å². The van der Waals surface area contributed by atoms with Gasteiger partial charge in [-0.1, -0.05) is 59.8 Å². The molecule has 1 aliphatic heterocycles. The molecule has 0 saturated carbocycles. The van der Waals surface area contributed by atoms with Crippen LogP contribution in [0, 0.1) is 0 Å². The van der Waals surface area contributed by atoms with E-state index in [4.69, 9.17) is 23.9 Å². The molecule has 2 N–H and O–H groups in total. The van der Waals surface area contributed by atoms with Crippen LogP contribution in [-0.4, -0.2) is 46.3 Å². The van der Waals surface area contributed by atoms with E-state index in [0.29, 0.717) is 35.8 Å². The van der Waals surface area contributed by atoms with Crippen LogP contribution < -0.4 is 9.88 Å². The van der Waals surface area contributed by atoms with E-state index < -0.39 is 21.4 Å². The van der Waals surface area contributed by atoms with E-state index in [2.05, 4.69) is 5.16 Å². The number of hydrogen-bond acceptors (Lipinski definition) is 8. The largest absolute Gasteiger partial charge is 0.485 e. The van der Waals surface area contributed by atoms with Crippen molar-refractivity contribution < 1.29 is 31.9 Å². The molecule has 1 aliphatic rings. The lowest BCUT2D eigenvalue weighted by atomic mass is 9.86. The molecule has 0 amide bonds. The number of sulfonamides is 1. The molecule has 0 atom stereocenters. The van der Waals surface area contributed by atoms with Gasteiger partial charge >= 0.3 is 0 Å². The Morgan fingerprint density at radius 1 is 0.974 bits per heavy atom. The lowest BCUT2D eigenvalue weighted by molar-refractivity contribution is -0.0948. The zero-order valence-electron chi connectivity index (χ0n) is 21.3. The highest BCUT2D eigenvalue weighted by atomic mass is 32.2. The molecule has 1 fully saturated rings. The van der Waals surface area contributed by atoms with Crippen LogP contribution in [0.4, 0.5) is 0 Å². The van der Waals surface area contributed by atoms with Gasteiger partial charge in [0.15, 0.2) is 6.61 Å². The quantitative estimate of drug-likeness (QED) is 0.301. The van der Waals surface area contributed by atoms with Gasteiger partial charge in [0.05, 0.1) is 16.1 Å². The van der Waals surface area contributed by atoms with Crippen LogP contribution in [0.5, 0.6) is 5.75 Å². The number of rotatable bonds is 9. The van der Waals surface area contributed by atoms with Crippen LogP contribution in [0.3, 0.4) is 0 Å². The molecule has 39 heavy (non-hydrogen) atoms. The number of carbonyl (C=O) groups is 1. The second kappa shape index (κ2) is 11.1. The number of methoxy groups -OCH3 is 1. The zero-order valence-corrected chi connectivity index (χ0v) is 22.1. The summed E-state index contributed by atoms with van der Waals surface area (Å²) in [6.07, 6.45) is 1.44. The van der Waals surface area contributed by atoms with Gasteiger partial charge in [-0.15, -0.1) is 0 Å².